The summed E-state index contributed by atoms with van der Waals surface area (Å²) in [7, 11) is -2.71. The van der Waals surface area contributed by atoms with Crippen LogP contribution >= 0.6 is 11.3 Å². The highest BCUT2D eigenvalue weighted by Gasteiger charge is 2.31. The normalized spacial score (nSPS) is 13.1. The number of hydrogen-bond acceptors (Lipinski definition) is 6. The summed E-state index contributed by atoms with van der Waals surface area (Å²) in [6.45, 7) is 1.50. The lowest BCUT2D eigenvalue weighted by Crippen LogP contribution is -2.38. The predicted molar refractivity (Wildman–Crippen MR) is 138 cm³/mol. The highest BCUT2D eigenvalue weighted by Crippen LogP contribution is 2.38. The van der Waals surface area contributed by atoms with E-state index in [1.165, 1.54) is 30.6 Å². The third-order valence-corrected chi connectivity index (χ3v) is 9.05. The molecule has 4 rings (SSSR count). The first-order valence-electron chi connectivity index (χ1n) is 11.5. The molecule has 0 spiro atoms. The molecule has 0 atom stereocenters. The quantitative estimate of drug-likeness (QED) is 0.437. The third-order valence-electron chi connectivity index (χ3n) is 6.07. The van der Waals surface area contributed by atoms with Crippen LogP contribution in [0.25, 0.3) is 0 Å². The number of fused-ring (bicyclic) bond motifs is 1. The maximum Gasteiger partial charge on any atom is 0.341 e. The fraction of sp³-hybridized carbons (Fsp3) is 0.308. The van der Waals surface area contributed by atoms with Gasteiger partial charge in [-0.3, -0.25) is 9.10 Å². The van der Waals surface area contributed by atoms with Crippen LogP contribution in [0.3, 0.4) is 0 Å². The Kier molecular flexibility index (Phi) is 7.57. The minimum atomic E-state index is -4.02. The Hall–Kier alpha value is -3.17. The molecular weight excluding hydrogens is 484 g/mol. The molecule has 1 amide bonds. The number of methoxy groups -OCH3 is 1. The Labute approximate surface area is 209 Å². The summed E-state index contributed by atoms with van der Waals surface area (Å²) in [5.74, 6) is -1.02. The van der Waals surface area contributed by atoms with Crippen LogP contribution in [0, 0.1) is 0 Å². The van der Waals surface area contributed by atoms with E-state index in [9.17, 15) is 18.0 Å². The highest BCUT2D eigenvalue weighted by molar-refractivity contribution is 7.92. The largest absolute Gasteiger partial charge is 0.465 e. The Morgan fingerprint density at radius 1 is 1.03 bits per heavy atom. The molecule has 1 aliphatic rings. The number of benzene rings is 2. The number of thiophene rings is 1. The molecule has 1 aromatic heterocycles. The molecule has 1 N–H and O–H groups in total. The highest BCUT2D eigenvalue weighted by atomic mass is 32.2. The first-order valence-corrected chi connectivity index (χ1v) is 13.8. The fourth-order valence-corrected chi connectivity index (χ4v) is 7.11. The molecule has 35 heavy (non-hydrogen) atoms. The molecule has 1 heterocycles. The van der Waals surface area contributed by atoms with Crippen molar-refractivity contribution in [1.29, 1.82) is 0 Å². The van der Waals surface area contributed by atoms with E-state index < -0.39 is 28.4 Å². The van der Waals surface area contributed by atoms with Gasteiger partial charge in [0.2, 0.25) is 5.91 Å². The first kappa shape index (κ1) is 24.9. The van der Waals surface area contributed by atoms with E-state index >= 15 is 0 Å². The second-order valence-electron chi connectivity index (χ2n) is 8.26. The Morgan fingerprint density at radius 2 is 1.71 bits per heavy atom. The van der Waals surface area contributed by atoms with Crippen LogP contribution in [0.2, 0.25) is 0 Å². The number of carbonyl (C=O) groups is 2. The number of hydrogen-bond donors (Lipinski definition) is 1. The van der Waals surface area contributed by atoms with Gasteiger partial charge < -0.3 is 10.1 Å². The standard InChI is InChI=1S/C26H28N2O5S2/c1-3-18-11-7-9-15-21(18)28(35(31,32)19-12-5-4-6-13-19)17-23(29)27-25-24(26(30)33-2)20-14-8-10-16-22(20)34-25/h4-7,9,11-13,15H,3,8,10,14,16-17H2,1-2H3,(H,27,29). The topological polar surface area (TPSA) is 92.8 Å². The lowest BCUT2D eigenvalue weighted by molar-refractivity contribution is -0.114. The molecular formula is C26H28N2O5S2. The number of nitrogens with zero attached hydrogens (tertiary/aromatic N) is 1. The van der Waals surface area contributed by atoms with Crippen molar-refractivity contribution in [3.63, 3.8) is 0 Å². The third kappa shape index (κ3) is 5.11. The second-order valence-corrected chi connectivity index (χ2v) is 11.2. The maximum atomic E-state index is 13.6. The number of sulfonamides is 1. The van der Waals surface area contributed by atoms with Crippen LogP contribution in [0.4, 0.5) is 10.7 Å². The van der Waals surface area contributed by atoms with Crippen LogP contribution in [-0.2, 0) is 38.8 Å². The van der Waals surface area contributed by atoms with Crippen molar-refractivity contribution in [1.82, 2.24) is 0 Å². The fourth-order valence-electron chi connectivity index (χ4n) is 4.34. The van der Waals surface area contributed by atoms with E-state index in [0.717, 1.165) is 46.0 Å². The molecule has 7 nitrogen and oxygen atoms in total. The number of para-hydroxylation sites is 1. The van der Waals surface area contributed by atoms with E-state index in [1.54, 1.807) is 30.3 Å². The molecule has 9 heteroatoms. The molecule has 0 radical (unpaired) electrons. The van der Waals surface area contributed by atoms with Gasteiger partial charge in [0.25, 0.3) is 10.0 Å². The van der Waals surface area contributed by atoms with Gasteiger partial charge in [-0.25, -0.2) is 13.2 Å². The lowest BCUT2D eigenvalue weighted by atomic mass is 9.95. The summed E-state index contributed by atoms with van der Waals surface area (Å²) in [6, 6.07) is 15.2. The summed E-state index contributed by atoms with van der Waals surface area (Å²) in [4.78, 5) is 27.0. The number of rotatable bonds is 8. The van der Waals surface area contributed by atoms with Crippen molar-refractivity contribution in [2.45, 2.75) is 43.9 Å². The van der Waals surface area contributed by atoms with Crippen LogP contribution < -0.4 is 9.62 Å². The number of amides is 1. The Morgan fingerprint density at radius 3 is 2.43 bits per heavy atom. The first-order chi connectivity index (χ1) is 16.9. The van der Waals surface area contributed by atoms with Crippen molar-refractivity contribution < 1.29 is 22.7 Å². The summed E-state index contributed by atoms with van der Waals surface area (Å²) in [5.41, 5.74) is 2.56. The Bertz CT molecular complexity index is 1330. The van der Waals surface area contributed by atoms with E-state index in [-0.39, 0.29) is 4.90 Å². The van der Waals surface area contributed by atoms with E-state index in [2.05, 4.69) is 5.32 Å². The minimum absolute atomic E-state index is 0.0977. The van der Waals surface area contributed by atoms with E-state index in [4.69, 9.17) is 4.74 Å². The minimum Gasteiger partial charge on any atom is -0.465 e. The summed E-state index contributed by atoms with van der Waals surface area (Å²) in [6.07, 6.45) is 4.20. The molecule has 0 saturated carbocycles. The number of aryl methyl sites for hydroxylation is 2. The molecule has 184 valence electrons. The van der Waals surface area contributed by atoms with Crippen molar-refractivity contribution in [2.75, 3.05) is 23.3 Å². The average molecular weight is 513 g/mol. The zero-order valence-corrected chi connectivity index (χ0v) is 21.4. The lowest BCUT2D eigenvalue weighted by Gasteiger charge is -2.26. The molecule has 2 aromatic carbocycles. The van der Waals surface area contributed by atoms with Gasteiger partial charge in [0.05, 0.1) is 23.3 Å². The monoisotopic (exact) mass is 512 g/mol. The summed E-state index contributed by atoms with van der Waals surface area (Å²) in [5, 5.41) is 3.23. The van der Waals surface area contributed by atoms with Gasteiger partial charge in [-0.1, -0.05) is 43.3 Å². The summed E-state index contributed by atoms with van der Waals surface area (Å²) >= 11 is 1.37. The van der Waals surface area contributed by atoms with Crippen LogP contribution in [0.5, 0.6) is 0 Å². The van der Waals surface area contributed by atoms with Crippen LogP contribution in [0.15, 0.2) is 59.5 Å². The van der Waals surface area contributed by atoms with Gasteiger partial charge in [0.1, 0.15) is 11.5 Å². The SMILES string of the molecule is CCc1ccccc1N(CC(=O)Nc1sc2c(c1C(=O)OC)CCCC2)S(=O)(=O)c1ccccc1. The predicted octanol–water partition coefficient (Wildman–Crippen LogP) is 4.81. The van der Waals surface area contributed by atoms with Gasteiger partial charge in [-0.15, -0.1) is 11.3 Å². The van der Waals surface area contributed by atoms with Crippen molar-refractivity contribution in [2.24, 2.45) is 0 Å². The van der Waals surface area contributed by atoms with Crippen LogP contribution in [0.1, 0.15) is 46.1 Å². The van der Waals surface area contributed by atoms with E-state index in [0.29, 0.717) is 22.7 Å². The number of ether oxygens (including phenoxy) is 1. The van der Waals surface area contributed by atoms with Gasteiger partial charge in [0, 0.05) is 4.88 Å². The number of esters is 1. The smallest absolute Gasteiger partial charge is 0.341 e. The van der Waals surface area contributed by atoms with Crippen LogP contribution in [-0.4, -0.2) is 33.9 Å². The number of carbonyl (C=O) groups excluding carboxylic acids is 2. The average Bonchev–Trinajstić information content (AvgIpc) is 3.24. The molecule has 0 fully saturated rings. The molecule has 3 aromatic rings. The van der Waals surface area contributed by atoms with Gasteiger partial charge in [-0.2, -0.15) is 0 Å². The zero-order valence-electron chi connectivity index (χ0n) is 19.7. The summed E-state index contributed by atoms with van der Waals surface area (Å²) < 4.78 is 33.4. The Balaban J connectivity index is 1.70. The molecule has 0 bridgehead atoms. The molecule has 1 aliphatic carbocycles. The number of anilines is 2. The second kappa shape index (κ2) is 10.6. The number of nitrogens with one attached hydrogen (secondary N) is 1. The van der Waals surface area contributed by atoms with Crippen molar-refractivity contribution in [3.05, 3.63) is 76.2 Å². The molecule has 0 unspecified atom stereocenters. The van der Waals surface area contributed by atoms with Crippen molar-refractivity contribution in [3.8, 4) is 0 Å². The van der Waals surface area contributed by atoms with Crippen molar-refractivity contribution >= 4 is 43.9 Å². The van der Waals surface area contributed by atoms with Gasteiger partial charge in [-0.05, 0) is 61.4 Å². The maximum absolute atomic E-state index is 13.6. The molecule has 0 aliphatic heterocycles. The van der Waals surface area contributed by atoms with E-state index in [1.807, 2.05) is 19.1 Å². The van der Waals surface area contributed by atoms with Gasteiger partial charge >= 0.3 is 5.97 Å². The van der Waals surface area contributed by atoms with Gasteiger partial charge in [0.15, 0.2) is 0 Å². The zero-order chi connectivity index (χ0) is 25.0. The molecule has 0 saturated heterocycles.